The quantitative estimate of drug-likeness (QED) is 0.698. The Kier molecular flexibility index (Phi) is 6.52. The molecule has 100 valence electrons. The highest BCUT2D eigenvalue weighted by atomic mass is 16.1. The molecule has 1 amide bonds. The average molecular weight is 241 g/mol. The molecule has 2 aliphatic heterocycles. The Bertz CT molecular complexity index is 217. The molecule has 2 heterocycles. The Labute approximate surface area is 105 Å². The number of carbonyl (C=O) groups is 1. The third kappa shape index (κ3) is 4.64. The van der Waals surface area contributed by atoms with Gasteiger partial charge < -0.3 is 15.5 Å². The largest absolute Gasteiger partial charge is 0.372 e. The molecule has 2 saturated heterocycles. The number of nitrogens with two attached hydrogens (primary N) is 1. The minimum atomic E-state index is 0.250. The molecule has 17 heavy (non-hydrogen) atoms. The number of amides is 1. The number of hydrogen-bond donors (Lipinski definition) is 1. The fourth-order valence-corrected chi connectivity index (χ4v) is 2.88. The summed E-state index contributed by atoms with van der Waals surface area (Å²) in [7, 11) is 2.26. The zero-order valence-electron chi connectivity index (χ0n) is 11.3. The molecule has 0 aromatic rings. The fraction of sp³-hybridized carbons (Fsp3) is 0.923. The van der Waals surface area contributed by atoms with Crippen LogP contribution < -0.4 is 5.73 Å². The Morgan fingerprint density at radius 3 is 2.29 bits per heavy atom. The van der Waals surface area contributed by atoms with Crippen molar-refractivity contribution in [2.24, 2.45) is 5.73 Å². The highest BCUT2D eigenvalue weighted by Crippen LogP contribution is 2.23. The second-order valence-electron chi connectivity index (χ2n) is 5.24. The molecule has 0 saturated carbocycles. The van der Waals surface area contributed by atoms with Crippen molar-refractivity contribution in [2.45, 2.75) is 51.1 Å². The number of carbonyl (C=O) groups excluding carboxylic acids is 1. The molecular weight excluding hydrogens is 214 g/mol. The summed E-state index contributed by atoms with van der Waals surface area (Å²) in [4.78, 5) is 13.8. The molecule has 0 spiro atoms. The second-order valence-corrected chi connectivity index (χ2v) is 5.24. The lowest BCUT2D eigenvalue weighted by Gasteiger charge is -2.42. The summed E-state index contributed by atoms with van der Waals surface area (Å²) in [6.45, 7) is 6.39. The van der Waals surface area contributed by atoms with Gasteiger partial charge in [0.15, 0.2) is 0 Å². The van der Waals surface area contributed by atoms with Crippen molar-refractivity contribution in [2.75, 3.05) is 26.7 Å². The van der Waals surface area contributed by atoms with Crippen LogP contribution in [-0.4, -0.2) is 55.0 Å². The van der Waals surface area contributed by atoms with Crippen molar-refractivity contribution in [1.82, 2.24) is 9.80 Å². The lowest BCUT2D eigenvalue weighted by atomic mass is 9.95. The third-order valence-corrected chi connectivity index (χ3v) is 4.09. The minimum Gasteiger partial charge on any atom is -0.372 e. The Hall–Kier alpha value is -0.610. The van der Waals surface area contributed by atoms with Gasteiger partial charge in [-0.3, -0.25) is 4.79 Å². The van der Waals surface area contributed by atoms with Gasteiger partial charge in [-0.1, -0.05) is 6.42 Å². The van der Waals surface area contributed by atoms with Crippen LogP contribution in [0.25, 0.3) is 0 Å². The van der Waals surface area contributed by atoms with E-state index < -0.39 is 0 Å². The number of hydrogen-bond acceptors (Lipinski definition) is 3. The summed E-state index contributed by atoms with van der Waals surface area (Å²) in [6, 6.07) is 1.68. The van der Waals surface area contributed by atoms with E-state index in [9.17, 15) is 0 Å². The van der Waals surface area contributed by atoms with Gasteiger partial charge in [-0.25, -0.2) is 0 Å². The number of piperidine rings is 2. The van der Waals surface area contributed by atoms with E-state index in [1.807, 2.05) is 0 Å². The van der Waals surface area contributed by atoms with E-state index in [1.54, 1.807) is 0 Å². The summed E-state index contributed by atoms with van der Waals surface area (Å²) in [5.74, 6) is 0. The van der Waals surface area contributed by atoms with Gasteiger partial charge in [-0.2, -0.15) is 0 Å². The summed E-state index contributed by atoms with van der Waals surface area (Å²) in [5.41, 5.74) is 4.17. The van der Waals surface area contributed by atoms with Gasteiger partial charge in [0.1, 0.15) is 0 Å². The number of primary amides is 1. The van der Waals surface area contributed by atoms with Crippen LogP contribution in [0.2, 0.25) is 0 Å². The zero-order chi connectivity index (χ0) is 12.7. The summed E-state index contributed by atoms with van der Waals surface area (Å²) in [5, 5.41) is 0. The van der Waals surface area contributed by atoms with Gasteiger partial charge in [0.05, 0.1) is 0 Å². The van der Waals surface area contributed by atoms with Crippen LogP contribution in [0, 0.1) is 0 Å². The molecule has 2 unspecified atom stereocenters. The maximum Gasteiger partial charge on any atom is 0.204 e. The van der Waals surface area contributed by atoms with Crippen LogP contribution in [0.1, 0.15) is 39.0 Å². The number of likely N-dealkylation sites (tertiary alicyclic amines) is 2. The fourth-order valence-electron chi connectivity index (χ4n) is 2.88. The standard InChI is InChI=1S/C12H24N2.CH3NO/c1-11-10-12(6-9-13(11)2)14-7-4-3-5-8-14;2-1-3/h11-12H,3-10H2,1-2H3;1H,(H2,2,3). The molecule has 0 aromatic carbocycles. The van der Waals surface area contributed by atoms with Crippen molar-refractivity contribution < 1.29 is 4.79 Å². The van der Waals surface area contributed by atoms with E-state index in [2.05, 4.69) is 29.5 Å². The molecule has 0 bridgehead atoms. The van der Waals surface area contributed by atoms with Gasteiger partial charge in [-0.15, -0.1) is 0 Å². The first-order chi connectivity index (χ1) is 8.19. The molecule has 2 aliphatic rings. The van der Waals surface area contributed by atoms with Crippen LogP contribution in [0.15, 0.2) is 0 Å². The molecule has 2 atom stereocenters. The average Bonchev–Trinajstić information content (AvgIpc) is 2.35. The number of nitrogens with zero attached hydrogens (tertiary/aromatic N) is 2. The zero-order valence-corrected chi connectivity index (χ0v) is 11.3. The summed E-state index contributed by atoms with van der Waals surface area (Å²) >= 11 is 0. The van der Waals surface area contributed by atoms with Crippen LogP contribution in [-0.2, 0) is 4.79 Å². The monoisotopic (exact) mass is 241 g/mol. The molecule has 4 heteroatoms. The highest BCUT2D eigenvalue weighted by molar-refractivity contribution is 5.42. The second kappa shape index (κ2) is 7.67. The Balaban J connectivity index is 0.000000437. The summed E-state index contributed by atoms with van der Waals surface area (Å²) in [6.07, 6.45) is 7.34. The van der Waals surface area contributed by atoms with Crippen molar-refractivity contribution >= 4 is 6.41 Å². The normalized spacial score (nSPS) is 31.4. The summed E-state index contributed by atoms with van der Waals surface area (Å²) < 4.78 is 0. The molecule has 2 fully saturated rings. The molecule has 2 rings (SSSR count). The van der Waals surface area contributed by atoms with E-state index in [-0.39, 0.29) is 6.41 Å². The van der Waals surface area contributed by atoms with Gasteiger partial charge in [0, 0.05) is 12.1 Å². The van der Waals surface area contributed by atoms with Gasteiger partial charge in [0.2, 0.25) is 6.41 Å². The number of rotatable bonds is 1. The first-order valence-corrected chi connectivity index (χ1v) is 6.78. The SMILES string of the molecule is CC1CC(N2CCCCC2)CCN1C.NC=O. The van der Waals surface area contributed by atoms with Crippen LogP contribution in [0.4, 0.5) is 0 Å². The first-order valence-electron chi connectivity index (χ1n) is 6.78. The lowest BCUT2D eigenvalue weighted by molar-refractivity contribution is -0.106. The Morgan fingerprint density at radius 1 is 1.18 bits per heavy atom. The van der Waals surface area contributed by atoms with Crippen molar-refractivity contribution in [3.05, 3.63) is 0 Å². The van der Waals surface area contributed by atoms with Gasteiger partial charge >= 0.3 is 0 Å². The van der Waals surface area contributed by atoms with Crippen molar-refractivity contribution in [1.29, 1.82) is 0 Å². The third-order valence-electron chi connectivity index (χ3n) is 4.09. The maximum atomic E-state index is 8.58. The predicted octanol–water partition coefficient (Wildman–Crippen LogP) is 1.06. The van der Waals surface area contributed by atoms with Crippen LogP contribution in [0.3, 0.4) is 0 Å². The molecule has 2 N–H and O–H groups in total. The van der Waals surface area contributed by atoms with E-state index in [4.69, 9.17) is 4.79 Å². The van der Waals surface area contributed by atoms with Gasteiger partial charge in [-0.05, 0) is 59.3 Å². The Morgan fingerprint density at radius 2 is 1.76 bits per heavy atom. The van der Waals surface area contributed by atoms with Crippen LogP contribution >= 0.6 is 0 Å². The van der Waals surface area contributed by atoms with E-state index >= 15 is 0 Å². The van der Waals surface area contributed by atoms with Crippen molar-refractivity contribution in [3.8, 4) is 0 Å². The van der Waals surface area contributed by atoms with E-state index in [0.717, 1.165) is 12.1 Å². The minimum absolute atomic E-state index is 0.250. The van der Waals surface area contributed by atoms with E-state index in [1.165, 1.54) is 51.7 Å². The molecule has 0 aliphatic carbocycles. The van der Waals surface area contributed by atoms with E-state index in [0.29, 0.717) is 0 Å². The molecule has 0 aromatic heterocycles. The van der Waals surface area contributed by atoms with Gasteiger partial charge in [0.25, 0.3) is 0 Å². The highest BCUT2D eigenvalue weighted by Gasteiger charge is 2.27. The topological polar surface area (TPSA) is 49.6 Å². The smallest absolute Gasteiger partial charge is 0.204 e. The molecule has 4 nitrogen and oxygen atoms in total. The molecule has 0 radical (unpaired) electrons. The van der Waals surface area contributed by atoms with Crippen LogP contribution in [0.5, 0.6) is 0 Å². The van der Waals surface area contributed by atoms with Crippen molar-refractivity contribution in [3.63, 3.8) is 0 Å². The predicted molar refractivity (Wildman–Crippen MR) is 70.8 cm³/mol. The lowest BCUT2D eigenvalue weighted by Crippen LogP contribution is -2.48. The molecular formula is C13H27N3O. The first kappa shape index (κ1) is 14.5. The maximum absolute atomic E-state index is 8.58.